The minimum atomic E-state index is -0.231. The number of carbonyl (C=O) groups is 1. The molecule has 0 saturated heterocycles. The first-order valence-corrected chi connectivity index (χ1v) is 7.05. The topological polar surface area (TPSA) is 51.2 Å². The molecule has 0 aliphatic carbocycles. The summed E-state index contributed by atoms with van der Waals surface area (Å²) >= 11 is 0. The van der Waals surface area contributed by atoms with Crippen LogP contribution in [0.15, 0.2) is 60.8 Å². The molecule has 3 aromatic rings. The summed E-state index contributed by atoms with van der Waals surface area (Å²) in [5.41, 5.74) is 0.999. The molecule has 0 atom stereocenters. The van der Waals surface area contributed by atoms with E-state index in [1.54, 1.807) is 6.20 Å². The highest BCUT2D eigenvalue weighted by atomic mass is 16.5. The van der Waals surface area contributed by atoms with Gasteiger partial charge in [0, 0.05) is 11.6 Å². The quantitative estimate of drug-likeness (QED) is 0.800. The van der Waals surface area contributed by atoms with E-state index in [0.29, 0.717) is 11.6 Å². The van der Waals surface area contributed by atoms with E-state index in [0.717, 1.165) is 16.3 Å². The number of anilines is 1. The first-order chi connectivity index (χ1) is 10.7. The number of para-hydroxylation sites is 1. The highest BCUT2D eigenvalue weighted by Crippen LogP contribution is 2.17. The summed E-state index contributed by atoms with van der Waals surface area (Å²) in [5.74, 6) is 1.01. The van der Waals surface area contributed by atoms with Crippen molar-refractivity contribution >= 4 is 22.5 Å². The number of aryl methyl sites for hydroxylation is 1. The molecular formula is C18H16N2O2. The van der Waals surface area contributed by atoms with Crippen LogP contribution in [0.2, 0.25) is 0 Å². The van der Waals surface area contributed by atoms with Gasteiger partial charge in [-0.2, -0.15) is 0 Å². The number of fused-ring (bicyclic) bond motifs is 1. The second kappa shape index (κ2) is 6.26. The number of pyridine rings is 1. The average Bonchev–Trinajstić information content (AvgIpc) is 2.54. The fraction of sp³-hybridized carbons (Fsp3) is 0.111. The standard InChI is InChI=1S/C18H16N2O2/c1-13-6-2-5-9-16(13)22-12-18(21)20-17-10-14-7-3-4-8-15(14)11-19-17/h2-11H,12H2,1H3,(H,19,20,21). The highest BCUT2D eigenvalue weighted by Gasteiger charge is 2.06. The van der Waals surface area contributed by atoms with Crippen molar-refractivity contribution < 1.29 is 9.53 Å². The molecule has 1 heterocycles. The Morgan fingerprint density at radius 3 is 2.64 bits per heavy atom. The minimum Gasteiger partial charge on any atom is -0.483 e. The zero-order chi connectivity index (χ0) is 15.4. The summed E-state index contributed by atoms with van der Waals surface area (Å²) < 4.78 is 5.52. The Balaban J connectivity index is 1.64. The van der Waals surface area contributed by atoms with Gasteiger partial charge in [-0.3, -0.25) is 4.79 Å². The van der Waals surface area contributed by atoms with Crippen molar-refractivity contribution in [3.63, 3.8) is 0 Å². The van der Waals surface area contributed by atoms with Crippen LogP contribution in [0.4, 0.5) is 5.82 Å². The van der Waals surface area contributed by atoms with Crippen LogP contribution in [-0.2, 0) is 4.79 Å². The Bertz CT molecular complexity index is 815. The molecule has 0 spiro atoms. The normalized spacial score (nSPS) is 10.4. The van der Waals surface area contributed by atoms with E-state index >= 15 is 0 Å². The third-order valence-electron chi connectivity index (χ3n) is 3.35. The Kier molecular flexibility index (Phi) is 4.01. The predicted molar refractivity (Wildman–Crippen MR) is 87.0 cm³/mol. The first kappa shape index (κ1) is 14.1. The number of carbonyl (C=O) groups excluding carboxylic acids is 1. The van der Waals surface area contributed by atoms with Gasteiger partial charge in [-0.25, -0.2) is 4.98 Å². The van der Waals surface area contributed by atoms with Gasteiger partial charge in [-0.1, -0.05) is 42.5 Å². The Morgan fingerprint density at radius 1 is 1.09 bits per heavy atom. The molecule has 0 unspecified atom stereocenters. The number of aromatic nitrogens is 1. The summed E-state index contributed by atoms with van der Waals surface area (Å²) in [6.07, 6.45) is 1.74. The number of benzene rings is 2. The number of nitrogens with one attached hydrogen (secondary N) is 1. The van der Waals surface area contributed by atoms with E-state index in [1.165, 1.54) is 0 Å². The molecule has 22 heavy (non-hydrogen) atoms. The monoisotopic (exact) mass is 292 g/mol. The van der Waals surface area contributed by atoms with Gasteiger partial charge < -0.3 is 10.1 Å². The van der Waals surface area contributed by atoms with Crippen LogP contribution in [0.1, 0.15) is 5.56 Å². The van der Waals surface area contributed by atoms with Gasteiger partial charge >= 0.3 is 0 Å². The van der Waals surface area contributed by atoms with Crippen LogP contribution in [0.5, 0.6) is 5.75 Å². The SMILES string of the molecule is Cc1ccccc1OCC(=O)Nc1cc2ccccc2cn1. The molecule has 0 aliphatic heterocycles. The van der Waals surface area contributed by atoms with E-state index in [9.17, 15) is 4.79 Å². The maximum atomic E-state index is 12.0. The number of hydrogen-bond donors (Lipinski definition) is 1. The van der Waals surface area contributed by atoms with Gasteiger partial charge in [0.05, 0.1) is 0 Å². The lowest BCUT2D eigenvalue weighted by molar-refractivity contribution is -0.118. The molecule has 4 heteroatoms. The number of nitrogens with zero attached hydrogens (tertiary/aromatic N) is 1. The van der Waals surface area contributed by atoms with Crippen LogP contribution < -0.4 is 10.1 Å². The third kappa shape index (κ3) is 3.23. The van der Waals surface area contributed by atoms with Crippen molar-refractivity contribution in [2.45, 2.75) is 6.92 Å². The average molecular weight is 292 g/mol. The molecule has 4 nitrogen and oxygen atoms in total. The Hall–Kier alpha value is -2.88. The Labute approximate surface area is 128 Å². The fourth-order valence-corrected chi connectivity index (χ4v) is 2.19. The number of ether oxygens (including phenoxy) is 1. The van der Waals surface area contributed by atoms with Crippen molar-refractivity contribution in [1.29, 1.82) is 0 Å². The summed E-state index contributed by atoms with van der Waals surface area (Å²) in [7, 11) is 0. The van der Waals surface area contributed by atoms with Crippen LogP contribution >= 0.6 is 0 Å². The molecule has 2 aromatic carbocycles. The maximum Gasteiger partial charge on any atom is 0.263 e. The molecule has 0 bridgehead atoms. The number of rotatable bonds is 4. The lowest BCUT2D eigenvalue weighted by Crippen LogP contribution is -2.20. The van der Waals surface area contributed by atoms with E-state index in [4.69, 9.17) is 4.74 Å². The maximum absolute atomic E-state index is 12.0. The summed E-state index contributed by atoms with van der Waals surface area (Å²) in [6.45, 7) is 1.90. The first-order valence-electron chi connectivity index (χ1n) is 7.05. The lowest BCUT2D eigenvalue weighted by Gasteiger charge is -2.09. The molecule has 0 radical (unpaired) electrons. The van der Waals surface area contributed by atoms with E-state index in [-0.39, 0.29) is 12.5 Å². The fourth-order valence-electron chi connectivity index (χ4n) is 2.19. The van der Waals surface area contributed by atoms with Crippen molar-refractivity contribution in [2.24, 2.45) is 0 Å². The highest BCUT2D eigenvalue weighted by molar-refractivity contribution is 5.93. The van der Waals surface area contributed by atoms with Crippen LogP contribution in [0.3, 0.4) is 0 Å². The Morgan fingerprint density at radius 2 is 1.82 bits per heavy atom. The van der Waals surface area contributed by atoms with Gasteiger partial charge in [0.1, 0.15) is 11.6 Å². The van der Waals surface area contributed by atoms with Gasteiger partial charge in [0.2, 0.25) is 0 Å². The van der Waals surface area contributed by atoms with Gasteiger partial charge in [0.25, 0.3) is 5.91 Å². The van der Waals surface area contributed by atoms with Gasteiger partial charge in [-0.15, -0.1) is 0 Å². The molecule has 110 valence electrons. The summed E-state index contributed by atoms with van der Waals surface area (Å²) in [4.78, 5) is 16.2. The third-order valence-corrected chi connectivity index (χ3v) is 3.35. The van der Waals surface area contributed by atoms with Crippen LogP contribution in [0, 0.1) is 6.92 Å². The molecular weight excluding hydrogens is 276 g/mol. The molecule has 0 saturated carbocycles. The van der Waals surface area contributed by atoms with Crippen LogP contribution in [-0.4, -0.2) is 17.5 Å². The molecule has 0 aliphatic rings. The molecule has 1 N–H and O–H groups in total. The van der Waals surface area contributed by atoms with Crippen molar-refractivity contribution in [3.05, 3.63) is 66.4 Å². The number of hydrogen-bond acceptors (Lipinski definition) is 3. The molecule has 3 rings (SSSR count). The van der Waals surface area contributed by atoms with Crippen LogP contribution in [0.25, 0.3) is 10.8 Å². The van der Waals surface area contributed by atoms with Crippen molar-refractivity contribution in [2.75, 3.05) is 11.9 Å². The second-order valence-electron chi connectivity index (χ2n) is 5.02. The van der Waals surface area contributed by atoms with Gasteiger partial charge in [0.15, 0.2) is 6.61 Å². The lowest BCUT2D eigenvalue weighted by atomic mass is 10.2. The largest absolute Gasteiger partial charge is 0.483 e. The predicted octanol–water partition coefficient (Wildman–Crippen LogP) is 3.56. The zero-order valence-electron chi connectivity index (χ0n) is 12.2. The van der Waals surface area contributed by atoms with E-state index < -0.39 is 0 Å². The van der Waals surface area contributed by atoms with Crippen molar-refractivity contribution in [1.82, 2.24) is 4.98 Å². The smallest absolute Gasteiger partial charge is 0.263 e. The van der Waals surface area contributed by atoms with Crippen molar-refractivity contribution in [3.8, 4) is 5.75 Å². The molecule has 0 fully saturated rings. The van der Waals surface area contributed by atoms with E-state index in [1.807, 2.05) is 61.5 Å². The molecule has 1 amide bonds. The molecule has 1 aromatic heterocycles. The second-order valence-corrected chi connectivity index (χ2v) is 5.02. The van der Waals surface area contributed by atoms with Gasteiger partial charge in [-0.05, 0) is 30.0 Å². The summed E-state index contributed by atoms with van der Waals surface area (Å²) in [5, 5.41) is 4.82. The number of amides is 1. The zero-order valence-corrected chi connectivity index (χ0v) is 12.2. The summed E-state index contributed by atoms with van der Waals surface area (Å²) in [6, 6.07) is 17.3. The van der Waals surface area contributed by atoms with E-state index in [2.05, 4.69) is 10.3 Å². The minimum absolute atomic E-state index is 0.0423.